The van der Waals surface area contributed by atoms with E-state index in [1.165, 1.54) is 0 Å². The van der Waals surface area contributed by atoms with Crippen LogP contribution in [0.2, 0.25) is 0 Å². The monoisotopic (exact) mass is 301 g/mol. The molecule has 0 amide bonds. The molecule has 5 heteroatoms. The maximum absolute atomic E-state index is 11.2. The Kier molecular flexibility index (Phi) is 7.15. The number of hydrogen-bond donors (Lipinski definition) is 0. The van der Waals surface area contributed by atoms with Crippen LogP contribution in [0.15, 0.2) is 0 Å². The zero-order chi connectivity index (χ0) is 9.99. The molecule has 0 aliphatic carbocycles. The van der Waals surface area contributed by atoms with Gasteiger partial charge < -0.3 is 9.05 Å². The molecule has 85 valence electrons. The summed E-state index contributed by atoms with van der Waals surface area (Å²) in [4.78, 5) is 0. The van der Waals surface area contributed by atoms with Gasteiger partial charge in [-0.3, -0.25) is 4.57 Å². The first-order chi connectivity index (χ1) is 5.10. The summed E-state index contributed by atoms with van der Waals surface area (Å²) in [5, 5.41) is 0. The Labute approximate surface area is 97.0 Å². The van der Waals surface area contributed by atoms with Gasteiger partial charge in [-0.25, -0.2) is 0 Å². The average Bonchev–Trinajstić information content (AvgIpc) is 1.49. The summed E-state index contributed by atoms with van der Waals surface area (Å²) in [5.74, 6) is 0. The third-order valence-electron chi connectivity index (χ3n) is 0.779. The first kappa shape index (κ1) is 16.3. The molecule has 0 aliphatic rings. The van der Waals surface area contributed by atoms with Gasteiger partial charge in [-0.1, -0.05) is 0 Å². The molecule has 0 spiro atoms. The van der Waals surface area contributed by atoms with E-state index < -0.39 is 19.5 Å². The van der Waals surface area contributed by atoms with Gasteiger partial charge in [0.15, 0.2) is 0 Å². The molecule has 0 heterocycles. The van der Waals surface area contributed by atoms with Gasteiger partial charge in [0.25, 0.3) is 0 Å². The van der Waals surface area contributed by atoms with Crippen molar-refractivity contribution < 1.29 is 36.0 Å². The second-order valence-corrected chi connectivity index (χ2v) is 5.59. The molecule has 0 N–H and O–H groups in total. The molecule has 0 saturated heterocycles. The topological polar surface area (TPSA) is 35.5 Å². The summed E-state index contributed by atoms with van der Waals surface area (Å²) >= 11 is 0. The molecule has 0 fully saturated rings. The molecule has 0 aromatic heterocycles. The van der Waals surface area contributed by atoms with Crippen LogP contribution in [0, 0.1) is 0 Å². The van der Waals surface area contributed by atoms with E-state index in [4.69, 9.17) is 9.05 Å². The van der Waals surface area contributed by atoms with Crippen LogP contribution < -0.4 is 0 Å². The summed E-state index contributed by atoms with van der Waals surface area (Å²) in [6, 6.07) is 0. The predicted molar refractivity (Wildman–Crippen MR) is 50.7 cm³/mol. The van der Waals surface area contributed by atoms with Gasteiger partial charge >= 0.3 is 8.25 Å². The van der Waals surface area contributed by atoms with E-state index in [1.54, 1.807) is 0 Å². The van der Waals surface area contributed by atoms with Gasteiger partial charge in [0.1, 0.15) is 0 Å². The van der Waals surface area contributed by atoms with Gasteiger partial charge in [0.2, 0.25) is 0 Å². The summed E-state index contributed by atoms with van der Waals surface area (Å²) in [6.07, 6.45) is 0. The second kappa shape index (κ2) is 5.69. The van der Waals surface area contributed by atoms with Crippen LogP contribution in [0.25, 0.3) is 0 Å². The Morgan fingerprint density at radius 1 is 0.846 bits per heavy atom. The fourth-order valence-corrected chi connectivity index (χ4v) is 1.56. The van der Waals surface area contributed by atoms with Crippen molar-refractivity contribution in [2.24, 2.45) is 0 Å². The quantitative estimate of drug-likeness (QED) is 0.581. The van der Waals surface area contributed by atoms with Crippen molar-refractivity contribution in [3.63, 3.8) is 0 Å². The van der Waals surface area contributed by atoms with E-state index in [9.17, 15) is 4.57 Å². The van der Waals surface area contributed by atoms with Crippen molar-refractivity contribution >= 4 is 8.25 Å². The normalized spacial score (nSPS) is 12.8. The van der Waals surface area contributed by atoms with Crippen LogP contribution in [0.3, 0.4) is 0 Å². The average molecular weight is 302 g/mol. The van der Waals surface area contributed by atoms with Crippen LogP contribution in [0.1, 0.15) is 41.5 Å². The Hall–Kier alpha value is 0.890. The van der Waals surface area contributed by atoms with Crippen LogP contribution >= 0.6 is 8.25 Å². The summed E-state index contributed by atoms with van der Waals surface area (Å²) in [5.41, 5.74) is -0.803. The van der Waals surface area contributed by atoms with E-state index in [-0.39, 0.29) is 22.4 Å². The van der Waals surface area contributed by atoms with Crippen LogP contribution in [-0.2, 0) is 36.0 Å². The number of hydrogen-bond acceptors (Lipinski definition) is 3. The third-order valence-corrected chi connectivity index (χ3v) is 2.34. The minimum absolute atomic E-state index is 0. The SMILES string of the molecule is CC(C)(C)O[PH](=O)OC(C)(C)C.[Ag]. The van der Waals surface area contributed by atoms with Gasteiger partial charge in [0, 0.05) is 22.4 Å². The molecular formula is C8H19AgO3P. The molecule has 1 radical (unpaired) electrons. The minimum atomic E-state index is -2.35. The van der Waals surface area contributed by atoms with E-state index in [2.05, 4.69) is 0 Å². The van der Waals surface area contributed by atoms with Gasteiger partial charge in [-0.15, -0.1) is 0 Å². The molecule has 0 bridgehead atoms. The molecule has 0 atom stereocenters. The maximum atomic E-state index is 11.2. The van der Waals surface area contributed by atoms with Crippen molar-refractivity contribution in [2.45, 2.75) is 52.7 Å². The summed E-state index contributed by atoms with van der Waals surface area (Å²) < 4.78 is 21.5. The van der Waals surface area contributed by atoms with Gasteiger partial charge in [0.05, 0.1) is 11.2 Å². The van der Waals surface area contributed by atoms with Crippen LogP contribution in [0.5, 0.6) is 0 Å². The second-order valence-electron chi connectivity index (χ2n) is 4.68. The van der Waals surface area contributed by atoms with Crippen molar-refractivity contribution in [3.05, 3.63) is 0 Å². The first-order valence-electron chi connectivity index (χ1n) is 4.02. The predicted octanol–water partition coefficient (Wildman–Crippen LogP) is 3.00. The summed E-state index contributed by atoms with van der Waals surface area (Å²) in [6.45, 7) is 11.1. The van der Waals surface area contributed by atoms with E-state index in [1.807, 2.05) is 41.5 Å². The first-order valence-corrected chi connectivity index (χ1v) is 5.25. The van der Waals surface area contributed by atoms with Crippen molar-refractivity contribution in [3.8, 4) is 0 Å². The molecule has 0 unspecified atom stereocenters. The van der Waals surface area contributed by atoms with E-state index in [0.717, 1.165) is 0 Å². The number of rotatable bonds is 2. The molecular weight excluding hydrogens is 283 g/mol. The molecule has 13 heavy (non-hydrogen) atoms. The van der Waals surface area contributed by atoms with Gasteiger partial charge in [-0.05, 0) is 41.5 Å². The summed E-state index contributed by atoms with van der Waals surface area (Å²) in [7, 11) is -2.35. The van der Waals surface area contributed by atoms with Crippen molar-refractivity contribution in [2.75, 3.05) is 0 Å². The largest absolute Gasteiger partial charge is 0.320 e. The smallest absolute Gasteiger partial charge is 0.305 e. The molecule has 0 aromatic carbocycles. The molecule has 0 rings (SSSR count). The Balaban J connectivity index is 0. The van der Waals surface area contributed by atoms with Crippen LogP contribution in [0.4, 0.5) is 0 Å². The fraction of sp³-hybridized carbons (Fsp3) is 1.00. The van der Waals surface area contributed by atoms with E-state index in [0.29, 0.717) is 0 Å². The van der Waals surface area contributed by atoms with Crippen LogP contribution in [-0.4, -0.2) is 11.2 Å². The van der Waals surface area contributed by atoms with E-state index >= 15 is 0 Å². The Morgan fingerprint density at radius 2 is 1.08 bits per heavy atom. The Morgan fingerprint density at radius 3 is 1.23 bits per heavy atom. The standard InChI is InChI=1S/C8H19O3P.Ag/c1-7(2,3)10-12(9)11-8(4,5)6;/h12H,1-6H3;. The molecule has 0 saturated carbocycles. The zero-order valence-corrected chi connectivity index (χ0v) is 11.5. The molecule has 0 aliphatic heterocycles. The van der Waals surface area contributed by atoms with Crippen molar-refractivity contribution in [1.82, 2.24) is 0 Å². The molecule has 3 nitrogen and oxygen atoms in total. The maximum Gasteiger partial charge on any atom is 0.320 e. The zero-order valence-electron chi connectivity index (χ0n) is 9.03. The fourth-order valence-electron chi connectivity index (χ4n) is 0.521. The minimum Gasteiger partial charge on any atom is -0.305 e. The molecule has 0 aromatic rings. The van der Waals surface area contributed by atoms with Gasteiger partial charge in [-0.2, -0.15) is 0 Å². The Bertz CT molecular complexity index is 151. The third kappa shape index (κ3) is 12.9. The van der Waals surface area contributed by atoms with Crippen molar-refractivity contribution in [1.29, 1.82) is 0 Å².